The number of aryl methyl sites for hydroxylation is 2. The van der Waals surface area contributed by atoms with Gasteiger partial charge in [0, 0.05) is 13.1 Å². The van der Waals surface area contributed by atoms with Crippen LogP contribution in [0.3, 0.4) is 0 Å². The molecule has 0 aliphatic rings. The van der Waals surface area contributed by atoms with Crippen LogP contribution in [0.15, 0.2) is 64.5 Å². The Bertz CT molecular complexity index is 1230. The van der Waals surface area contributed by atoms with Crippen LogP contribution < -0.4 is 11.0 Å². The molecule has 4 rings (SSSR count). The van der Waals surface area contributed by atoms with Gasteiger partial charge in [0.15, 0.2) is 5.16 Å². The maximum absolute atomic E-state index is 12.4. The molecule has 32 heavy (non-hydrogen) atoms. The van der Waals surface area contributed by atoms with Crippen molar-refractivity contribution >= 4 is 29.0 Å². The van der Waals surface area contributed by atoms with E-state index in [1.54, 1.807) is 4.57 Å². The molecule has 2 aromatic heterocycles. The average molecular weight is 467 g/mol. The second kappa shape index (κ2) is 10.4. The number of aromatic nitrogens is 5. The molecule has 0 bridgehead atoms. The third-order valence-corrected chi connectivity index (χ3v) is 6.84. The first kappa shape index (κ1) is 22.0. The summed E-state index contributed by atoms with van der Waals surface area (Å²) in [6.07, 6.45) is 0.734. The summed E-state index contributed by atoms with van der Waals surface area (Å²) in [5.74, 6) is 0.220. The lowest BCUT2D eigenvalue weighted by Crippen LogP contribution is -2.22. The second-order valence-corrected chi connectivity index (χ2v) is 9.16. The minimum Gasteiger partial charge on any atom is -0.346 e. The van der Waals surface area contributed by atoms with Crippen molar-refractivity contribution in [1.82, 2.24) is 30.3 Å². The predicted octanol–water partition coefficient (Wildman–Crippen LogP) is 3.20. The van der Waals surface area contributed by atoms with Crippen LogP contribution in [0, 0.1) is 6.92 Å². The lowest BCUT2D eigenvalue weighted by Gasteiger charge is -2.05. The fraction of sp³-hybridized carbons (Fsp3) is 0.227. The maximum atomic E-state index is 12.4. The molecule has 0 saturated carbocycles. The van der Waals surface area contributed by atoms with Gasteiger partial charge in [-0.2, -0.15) is 0 Å². The summed E-state index contributed by atoms with van der Waals surface area (Å²) in [6, 6.07) is 18.0. The number of hydrogen-bond acceptors (Lipinski definition) is 7. The first-order valence-corrected chi connectivity index (χ1v) is 11.9. The van der Waals surface area contributed by atoms with E-state index < -0.39 is 0 Å². The number of nitrogens with one attached hydrogen (secondary N) is 2. The van der Waals surface area contributed by atoms with E-state index in [0.717, 1.165) is 17.5 Å². The van der Waals surface area contributed by atoms with E-state index in [1.165, 1.54) is 28.7 Å². The first-order chi connectivity index (χ1) is 15.6. The molecule has 2 heterocycles. The highest BCUT2D eigenvalue weighted by atomic mass is 32.2. The first-order valence-electron chi connectivity index (χ1n) is 10.1. The fourth-order valence-electron chi connectivity index (χ4n) is 2.99. The number of benzene rings is 2. The van der Waals surface area contributed by atoms with Crippen molar-refractivity contribution in [1.29, 1.82) is 0 Å². The van der Waals surface area contributed by atoms with Crippen LogP contribution in [-0.2, 0) is 25.3 Å². The summed E-state index contributed by atoms with van der Waals surface area (Å²) in [5, 5.41) is 19.2. The molecule has 0 aliphatic carbocycles. The van der Waals surface area contributed by atoms with Crippen molar-refractivity contribution in [2.45, 2.75) is 37.3 Å². The van der Waals surface area contributed by atoms with E-state index in [1.807, 2.05) is 61.5 Å². The number of rotatable bonds is 9. The number of H-pyrrole nitrogens is 1. The summed E-state index contributed by atoms with van der Waals surface area (Å²) >= 11 is 2.63. The molecule has 0 radical (unpaired) electrons. The number of thioether (sulfide) groups is 1. The minimum absolute atomic E-state index is 0.239. The van der Waals surface area contributed by atoms with Crippen LogP contribution in [-0.4, -0.2) is 30.9 Å². The third kappa shape index (κ3) is 5.71. The standard InChI is InChI=1S/C22H22N6O2S2/c1-15-7-9-17(10-8-15)13-23-19(29)20-25-24-18(32-20)14-31-22-27-26-21(30)28(22)12-11-16-5-3-2-4-6-16/h2-10H,11-14H2,1H3,(H,23,29)(H,26,30). The Kier molecular flexibility index (Phi) is 7.13. The Morgan fingerprint density at radius 1 is 1.09 bits per heavy atom. The van der Waals surface area contributed by atoms with Gasteiger partial charge in [0.25, 0.3) is 5.91 Å². The summed E-state index contributed by atoms with van der Waals surface area (Å²) in [5.41, 5.74) is 3.11. The van der Waals surface area contributed by atoms with Crippen LogP contribution in [0.25, 0.3) is 0 Å². The van der Waals surface area contributed by atoms with Crippen LogP contribution in [0.1, 0.15) is 31.5 Å². The van der Waals surface area contributed by atoms with E-state index >= 15 is 0 Å². The van der Waals surface area contributed by atoms with Gasteiger partial charge in [-0.25, -0.2) is 9.89 Å². The molecule has 4 aromatic rings. The molecule has 2 aromatic carbocycles. The number of amides is 1. The van der Waals surface area contributed by atoms with E-state index in [2.05, 4.69) is 25.7 Å². The van der Waals surface area contributed by atoms with Crippen LogP contribution in [0.2, 0.25) is 0 Å². The third-order valence-electron chi connectivity index (χ3n) is 4.75. The van der Waals surface area contributed by atoms with Gasteiger partial charge < -0.3 is 5.32 Å². The molecule has 0 unspecified atom stereocenters. The highest BCUT2D eigenvalue weighted by Crippen LogP contribution is 2.22. The molecule has 8 nitrogen and oxygen atoms in total. The predicted molar refractivity (Wildman–Crippen MR) is 125 cm³/mol. The zero-order valence-corrected chi connectivity index (χ0v) is 19.1. The number of hydrogen-bond donors (Lipinski definition) is 2. The summed E-state index contributed by atoms with van der Waals surface area (Å²) < 4.78 is 1.62. The van der Waals surface area contributed by atoms with Gasteiger partial charge in [-0.3, -0.25) is 9.36 Å². The van der Waals surface area contributed by atoms with Gasteiger partial charge in [0.05, 0.1) is 5.75 Å². The zero-order valence-electron chi connectivity index (χ0n) is 17.4. The zero-order chi connectivity index (χ0) is 22.3. The molecule has 2 N–H and O–H groups in total. The molecule has 1 amide bonds. The Morgan fingerprint density at radius 3 is 2.66 bits per heavy atom. The molecule has 0 fully saturated rings. The molecule has 10 heteroatoms. The number of nitrogens with zero attached hydrogens (tertiary/aromatic N) is 4. The Labute approximate surface area is 193 Å². The van der Waals surface area contributed by atoms with E-state index in [4.69, 9.17) is 0 Å². The number of aromatic amines is 1. The lowest BCUT2D eigenvalue weighted by atomic mass is 10.1. The highest BCUT2D eigenvalue weighted by molar-refractivity contribution is 7.98. The largest absolute Gasteiger partial charge is 0.346 e. The maximum Gasteiger partial charge on any atom is 0.343 e. The molecule has 0 aliphatic heterocycles. The Morgan fingerprint density at radius 2 is 1.88 bits per heavy atom. The van der Waals surface area contributed by atoms with Gasteiger partial charge in [0.2, 0.25) is 5.01 Å². The summed E-state index contributed by atoms with van der Waals surface area (Å²) in [7, 11) is 0. The monoisotopic (exact) mass is 466 g/mol. The molecular weight excluding hydrogens is 444 g/mol. The minimum atomic E-state index is -0.251. The number of carbonyl (C=O) groups excluding carboxylic acids is 1. The van der Waals surface area contributed by atoms with Gasteiger partial charge in [-0.05, 0) is 24.5 Å². The van der Waals surface area contributed by atoms with Crippen molar-refractivity contribution in [3.8, 4) is 0 Å². The average Bonchev–Trinajstić information content (AvgIpc) is 3.43. The SMILES string of the molecule is Cc1ccc(CNC(=O)c2nnc(CSc3n[nH]c(=O)n3CCc3ccccc3)s2)cc1. The van der Waals surface area contributed by atoms with Gasteiger partial charge in [0.1, 0.15) is 5.01 Å². The van der Waals surface area contributed by atoms with Crippen LogP contribution in [0.4, 0.5) is 0 Å². The van der Waals surface area contributed by atoms with Gasteiger partial charge >= 0.3 is 5.69 Å². The molecule has 0 saturated heterocycles. The van der Waals surface area contributed by atoms with E-state index in [0.29, 0.717) is 34.0 Å². The molecule has 0 atom stereocenters. The summed E-state index contributed by atoms with van der Waals surface area (Å²) in [6.45, 7) is 2.99. The second-order valence-electron chi connectivity index (χ2n) is 7.16. The smallest absolute Gasteiger partial charge is 0.343 e. The van der Waals surface area contributed by atoms with Crippen LogP contribution >= 0.6 is 23.1 Å². The Hall–Kier alpha value is -3.24. The highest BCUT2D eigenvalue weighted by Gasteiger charge is 2.15. The molecular formula is C22H22N6O2S2. The van der Waals surface area contributed by atoms with Crippen molar-refractivity contribution in [3.63, 3.8) is 0 Å². The normalized spacial score (nSPS) is 10.9. The summed E-state index contributed by atoms with van der Waals surface area (Å²) in [4.78, 5) is 24.5. The van der Waals surface area contributed by atoms with Gasteiger partial charge in [-0.15, -0.1) is 15.3 Å². The van der Waals surface area contributed by atoms with Crippen molar-refractivity contribution in [3.05, 3.63) is 91.8 Å². The van der Waals surface area contributed by atoms with Crippen molar-refractivity contribution < 1.29 is 4.79 Å². The fourth-order valence-corrected chi connectivity index (χ4v) is 4.70. The quantitative estimate of drug-likeness (QED) is 0.367. The van der Waals surface area contributed by atoms with Gasteiger partial charge in [-0.1, -0.05) is 83.3 Å². The van der Waals surface area contributed by atoms with Crippen molar-refractivity contribution in [2.24, 2.45) is 0 Å². The lowest BCUT2D eigenvalue weighted by molar-refractivity contribution is 0.0950. The Balaban J connectivity index is 1.31. The number of carbonyl (C=O) groups is 1. The van der Waals surface area contributed by atoms with Crippen molar-refractivity contribution in [2.75, 3.05) is 0 Å². The molecule has 0 spiro atoms. The topological polar surface area (TPSA) is 106 Å². The van der Waals surface area contributed by atoms with E-state index in [-0.39, 0.29) is 11.6 Å². The van der Waals surface area contributed by atoms with E-state index in [9.17, 15) is 9.59 Å². The molecule has 164 valence electrons. The van der Waals surface area contributed by atoms with Crippen LogP contribution in [0.5, 0.6) is 0 Å².